The molecule has 0 aliphatic rings. The van der Waals surface area contributed by atoms with Crippen molar-refractivity contribution in [1.29, 1.82) is 0 Å². The second-order valence-corrected chi connectivity index (χ2v) is 7.47. The number of carbonyl (C=O) groups is 1. The average Bonchev–Trinajstić information content (AvgIpc) is 2.40. The van der Waals surface area contributed by atoms with Crippen molar-refractivity contribution in [1.82, 2.24) is 10.2 Å². The minimum Gasteiger partial charge on any atom is -0.444 e. The van der Waals surface area contributed by atoms with Gasteiger partial charge in [-0.05, 0) is 63.8 Å². The maximum atomic E-state index is 12.0. The van der Waals surface area contributed by atoms with Crippen LogP contribution in [0.1, 0.15) is 44.4 Å². The van der Waals surface area contributed by atoms with Gasteiger partial charge in [0, 0.05) is 20.1 Å². The fourth-order valence-electron chi connectivity index (χ4n) is 2.52. The summed E-state index contributed by atoms with van der Waals surface area (Å²) in [6.45, 7) is 14.5. The Kier molecular flexibility index (Phi) is 7.07. The molecule has 1 aromatic rings. The van der Waals surface area contributed by atoms with Crippen molar-refractivity contribution in [2.24, 2.45) is 5.92 Å². The first-order valence-corrected chi connectivity index (χ1v) is 8.30. The van der Waals surface area contributed by atoms with Crippen LogP contribution in [0.15, 0.2) is 18.2 Å². The van der Waals surface area contributed by atoms with Gasteiger partial charge in [0.15, 0.2) is 0 Å². The summed E-state index contributed by atoms with van der Waals surface area (Å²) in [4.78, 5) is 13.6. The Bertz CT molecular complexity index is 500. The van der Waals surface area contributed by atoms with E-state index < -0.39 is 5.60 Å². The standard InChI is InChI=1S/C19H32N2O2/c1-14(13-21(7)18(22)23-19(4,5)6)11-20-12-17-15(2)9-8-10-16(17)3/h8-10,14,20H,11-13H2,1-7H3. The number of carbonyl (C=O) groups excluding carboxylic acids is 1. The molecule has 0 bridgehead atoms. The van der Waals surface area contributed by atoms with Crippen LogP contribution in [-0.4, -0.2) is 36.7 Å². The highest BCUT2D eigenvalue weighted by Crippen LogP contribution is 2.13. The van der Waals surface area contributed by atoms with Gasteiger partial charge in [-0.1, -0.05) is 25.1 Å². The lowest BCUT2D eigenvalue weighted by molar-refractivity contribution is 0.0277. The maximum Gasteiger partial charge on any atom is 0.410 e. The number of ether oxygens (including phenoxy) is 1. The van der Waals surface area contributed by atoms with Gasteiger partial charge in [-0.15, -0.1) is 0 Å². The summed E-state index contributed by atoms with van der Waals surface area (Å²) in [5, 5.41) is 3.50. The molecule has 0 aliphatic heterocycles. The zero-order chi connectivity index (χ0) is 17.6. The average molecular weight is 320 g/mol. The molecule has 1 aromatic carbocycles. The molecular weight excluding hydrogens is 288 g/mol. The Morgan fingerprint density at radius 1 is 1.26 bits per heavy atom. The Labute approximate surface area is 141 Å². The minimum absolute atomic E-state index is 0.265. The first kappa shape index (κ1) is 19.5. The van der Waals surface area contributed by atoms with Crippen molar-refractivity contribution in [3.63, 3.8) is 0 Å². The highest BCUT2D eigenvalue weighted by molar-refractivity contribution is 5.67. The molecule has 0 aromatic heterocycles. The number of amides is 1. The highest BCUT2D eigenvalue weighted by Gasteiger charge is 2.20. The molecule has 1 atom stereocenters. The van der Waals surface area contributed by atoms with Crippen molar-refractivity contribution in [3.8, 4) is 0 Å². The van der Waals surface area contributed by atoms with Gasteiger partial charge in [-0.3, -0.25) is 0 Å². The number of nitrogens with one attached hydrogen (secondary N) is 1. The van der Waals surface area contributed by atoms with E-state index in [0.29, 0.717) is 12.5 Å². The number of benzene rings is 1. The molecule has 4 nitrogen and oxygen atoms in total. The molecule has 4 heteroatoms. The van der Waals surface area contributed by atoms with Crippen LogP contribution in [0, 0.1) is 19.8 Å². The Morgan fingerprint density at radius 2 is 1.83 bits per heavy atom. The Hall–Kier alpha value is -1.55. The van der Waals surface area contributed by atoms with E-state index in [4.69, 9.17) is 4.74 Å². The zero-order valence-electron chi connectivity index (χ0n) is 15.7. The van der Waals surface area contributed by atoms with Gasteiger partial charge >= 0.3 is 6.09 Å². The zero-order valence-corrected chi connectivity index (χ0v) is 15.7. The summed E-state index contributed by atoms with van der Waals surface area (Å²) in [6, 6.07) is 6.38. The Balaban J connectivity index is 2.40. The highest BCUT2D eigenvalue weighted by atomic mass is 16.6. The van der Waals surface area contributed by atoms with Gasteiger partial charge in [-0.2, -0.15) is 0 Å². The summed E-state index contributed by atoms with van der Waals surface area (Å²) < 4.78 is 5.37. The normalized spacial score (nSPS) is 12.8. The third-order valence-electron chi connectivity index (χ3n) is 3.73. The molecule has 1 N–H and O–H groups in total. The molecule has 0 spiro atoms. The molecule has 1 unspecified atom stereocenters. The monoisotopic (exact) mass is 320 g/mol. The summed E-state index contributed by atoms with van der Waals surface area (Å²) in [6.07, 6.45) is -0.265. The molecule has 0 heterocycles. The van der Waals surface area contributed by atoms with Gasteiger partial charge in [0.25, 0.3) is 0 Å². The van der Waals surface area contributed by atoms with Crippen molar-refractivity contribution in [2.45, 2.75) is 53.7 Å². The maximum absolute atomic E-state index is 12.0. The molecule has 1 rings (SSSR count). The van der Waals surface area contributed by atoms with Gasteiger partial charge in [0.1, 0.15) is 5.60 Å². The fourth-order valence-corrected chi connectivity index (χ4v) is 2.52. The van der Waals surface area contributed by atoms with Gasteiger partial charge < -0.3 is 15.0 Å². The number of hydrogen-bond donors (Lipinski definition) is 1. The van der Waals surface area contributed by atoms with Gasteiger partial charge in [-0.25, -0.2) is 4.79 Å². The smallest absolute Gasteiger partial charge is 0.410 e. The second kappa shape index (κ2) is 8.34. The van der Waals surface area contributed by atoms with E-state index in [1.807, 2.05) is 20.8 Å². The van der Waals surface area contributed by atoms with Crippen LogP contribution in [0.2, 0.25) is 0 Å². The SMILES string of the molecule is Cc1cccc(C)c1CNCC(C)CN(C)C(=O)OC(C)(C)C. The van der Waals surface area contributed by atoms with Crippen molar-refractivity contribution in [3.05, 3.63) is 34.9 Å². The number of hydrogen-bond acceptors (Lipinski definition) is 3. The van der Waals surface area contributed by atoms with E-state index in [1.165, 1.54) is 16.7 Å². The fraction of sp³-hybridized carbons (Fsp3) is 0.632. The topological polar surface area (TPSA) is 41.6 Å². The van der Waals surface area contributed by atoms with Crippen LogP contribution in [0.5, 0.6) is 0 Å². The van der Waals surface area contributed by atoms with E-state index >= 15 is 0 Å². The molecule has 23 heavy (non-hydrogen) atoms. The third kappa shape index (κ3) is 7.04. The molecule has 0 saturated heterocycles. The molecule has 0 saturated carbocycles. The van der Waals surface area contributed by atoms with Gasteiger partial charge in [0.2, 0.25) is 0 Å². The van der Waals surface area contributed by atoms with Crippen molar-refractivity contribution < 1.29 is 9.53 Å². The lowest BCUT2D eigenvalue weighted by atomic mass is 10.0. The molecular formula is C19H32N2O2. The van der Waals surface area contributed by atoms with E-state index in [1.54, 1.807) is 11.9 Å². The summed E-state index contributed by atoms with van der Waals surface area (Å²) in [5.41, 5.74) is 3.54. The van der Waals surface area contributed by atoms with Crippen LogP contribution < -0.4 is 5.32 Å². The quantitative estimate of drug-likeness (QED) is 0.864. The van der Waals surface area contributed by atoms with Crippen LogP contribution >= 0.6 is 0 Å². The van der Waals surface area contributed by atoms with Gasteiger partial charge in [0.05, 0.1) is 0 Å². The second-order valence-electron chi connectivity index (χ2n) is 7.47. The predicted octanol–water partition coefficient (Wildman–Crippen LogP) is 3.90. The van der Waals surface area contributed by atoms with Crippen molar-refractivity contribution in [2.75, 3.05) is 20.1 Å². The molecule has 130 valence electrons. The molecule has 0 aliphatic carbocycles. The van der Waals surface area contributed by atoms with E-state index in [0.717, 1.165) is 13.1 Å². The molecule has 0 fully saturated rings. The summed E-state index contributed by atoms with van der Waals surface area (Å²) >= 11 is 0. The number of rotatable bonds is 6. The van der Waals surface area contributed by atoms with Crippen molar-refractivity contribution >= 4 is 6.09 Å². The number of aryl methyl sites for hydroxylation is 2. The summed E-state index contributed by atoms with van der Waals surface area (Å²) in [7, 11) is 1.79. The largest absolute Gasteiger partial charge is 0.444 e. The predicted molar refractivity (Wildman–Crippen MR) is 95.7 cm³/mol. The number of nitrogens with zero attached hydrogens (tertiary/aromatic N) is 1. The first-order valence-electron chi connectivity index (χ1n) is 8.30. The van der Waals surface area contributed by atoms with E-state index in [-0.39, 0.29) is 6.09 Å². The van der Waals surface area contributed by atoms with Crippen LogP contribution in [0.4, 0.5) is 4.79 Å². The molecule has 0 radical (unpaired) electrons. The van der Waals surface area contributed by atoms with E-state index in [2.05, 4.69) is 44.3 Å². The van der Waals surface area contributed by atoms with E-state index in [9.17, 15) is 4.79 Å². The third-order valence-corrected chi connectivity index (χ3v) is 3.73. The lowest BCUT2D eigenvalue weighted by Crippen LogP contribution is -2.38. The van der Waals surface area contributed by atoms with Crippen LogP contribution in [-0.2, 0) is 11.3 Å². The summed E-state index contributed by atoms with van der Waals surface area (Å²) in [5.74, 6) is 0.358. The van der Waals surface area contributed by atoms with Crippen LogP contribution in [0.25, 0.3) is 0 Å². The van der Waals surface area contributed by atoms with Crippen LogP contribution in [0.3, 0.4) is 0 Å². The lowest BCUT2D eigenvalue weighted by Gasteiger charge is -2.26. The minimum atomic E-state index is -0.449. The molecule has 1 amide bonds. The first-order chi connectivity index (χ1) is 10.6. The Morgan fingerprint density at radius 3 is 2.35 bits per heavy atom.